The first-order chi connectivity index (χ1) is 6.63. The van der Waals surface area contributed by atoms with E-state index in [0.29, 0.717) is 12.5 Å². The molecule has 1 aliphatic rings. The summed E-state index contributed by atoms with van der Waals surface area (Å²) in [6, 6.07) is 0. The predicted octanol–water partition coefficient (Wildman–Crippen LogP) is -0.221. The van der Waals surface area contributed by atoms with Crippen LogP contribution in [0.2, 0.25) is 0 Å². The number of piperidine rings is 1. The Labute approximate surface area is 85.5 Å². The predicted molar refractivity (Wildman–Crippen MR) is 54.9 cm³/mol. The number of hydrogen-bond acceptors (Lipinski definition) is 3. The monoisotopic (exact) mass is 200 g/mol. The first-order valence-corrected chi connectivity index (χ1v) is 5.17. The van der Waals surface area contributed by atoms with Gasteiger partial charge in [-0.05, 0) is 25.3 Å². The molecule has 1 atom stereocenters. The van der Waals surface area contributed by atoms with E-state index in [1.54, 1.807) is 19.0 Å². The Balaban J connectivity index is 2.34. The average molecular weight is 200 g/mol. The van der Waals surface area contributed by atoms with Gasteiger partial charge in [-0.15, -0.1) is 0 Å². The quantitative estimate of drug-likeness (QED) is 0.685. The van der Waals surface area contributed by atoms with Crippen molar-refractivity contribution in [3.05, 3.63) is 0 Å². The molecule has 0 aliphatic carbocycles. The molecule has 0 aromatic rings. The largest absolute Gasteiger partial charge is 0.396 e. The Morgan fingerprint density at radius 3 is 2.86 bits per heavy atom. The molecule has 4 nitrogen and oxygen atoms in total. The molecule has 1 N–H and O–H groups in total. The van der Waals surface area contributed by atoms with Crippen LogP contribution in [0.4, 0.5) is 0 Å². The Morgan fingerprint density at radius 1 is 1.57 bits per heavy atom. The molecule has 1 amide bonds. The van der Waals surface area contributed by atoms with E-state index in [9.17, 15) is 4.79 Å². The molecule has 0 radical (unpaired) electrons. The summed E-state index contributed by atoms with van der Waals surface area (Å²) >= 11 is 0. The number of carbonyl (C=O) groups is 1. The number of aliphatic hydroxyl groups is 1. The number of likely N-dealkylation sites (N-methyl/N-ethyl adjacent to an activating group) is 1. The smallest absolute Gasteiger partial charge is 0.236 e. The molecule has 0 aromatic heterocycles. The van der Waals surface area contributed by atoms with Crippen molar-refractivity contribution in [2.45, 2.75) is 12.8 Å². The normalized spacial score (nSPS) is 23.5. The van der Waals surface area contributed by atoms with Gasteiger partial charge in [0.25, 0.3) is 0 Å². The molecule has 0 aromatic carbocycles. The van der Waals surface area contributed by atoms with E-state index in [-0.39, 0.29) is 12.5 Å². The molecule has 1 fully saturated rings. The highest BCUT2D eigenvalue weighted by Crippen LogP contribution is 2.15. The molecule has 14 heavy (non-hydrogen) atoms. The van der Waals surface area contributed by atoms with Crippen LogP contribution >= 0.6 is 0 Å². The minimum absolute atomic E-state index is 0.142. The lowest BCUT2D eigenvalue weighted by molar-refractivity contribution is -0.130. The van der Waals surface area contributed by atoms with Crippen LogP contribution in [0.25, 0.3) is 0 Å². The van der Waals surface area contributed by atoms with Crippen molar-refractivity contribution in [2.75, 3.05) is 40.3 Å². The molecule has 0 saturated carbocycles. The van der Waals surface area contributed by atoms with Gasteiger partial charge in [0.15, 0.2) is 0 Å². The lowest BCUT2D eigenvalue weighted by atomic mass is 9.99. The fourth-order valence-corrected chi connectivity index (χ4v) is 1.78. The van der Waals surface area contributed by atoms with E-state index in [1.165, 1.54) is 0 Å². The summed E-state index contributed by atoms with van der Waals surface area (Å²) in [6.45, 7) is 2.57. The summed E-state index contributed by atoms with van der Waals surface area (Å²) in [5.74, 6) is 0.502. The van der Waals surface area contributed by atoms with E-state index < -0.39 is 0 Å². The maximum atomic E-state index is 11.4. The third-order valence-electron chi connectivity index (χ3n) is 2.72. The minimum Gasteiger partial charge on any atom is -0.396 e. The zero-order valence-corrected chi connectivity index (χ0v) is 9.07. The topological polar surface area (TPSA) is 43.8 Å². The van der Waals surface area contributed by atoms with Crippen LogP contribution in [0.5, 0.6) is 0 Å². The number of rotatable bonds is 3. The Kier molecular flexibility index (Phi) is 4.35. The van der Waals surface area contributed by atoms with Gasteiger partial charge in [0.1, 0.15) is 0 Å². The van der Waals surface area contributed by atoms with Crippen LogP contribution in [0, 0.1) is 5.92 Å². The van der Waals surface area contributed by atoms with Crippen molar-refractivity contribution in [2.24, 2.45) is 5.92 Å². The van der Waals surface area contributed by atoms with Gasteiger partial charge in [-0.25, -0.2) is 0 Å². The Hall–Kier alpha value is -0.610. The van der Waals surface area contributed by atoms with Crippen molar-refractivity contribution in [3.63, 3.8) is 0 Å². The van der Waals surface area contributed by atoms with Crippen LogP contribution in [-0.4, -0.2) is 61.2 Å². The maximum absolute atomic E-state index is 11.4. The molecule has 1 aliphatic heterocycles. The van der Waals surface area contributed by atoms with E-state index >= 15 is 0 Å². The number of likely N-dealkylation sites (tertiary alicyclic amines) is 1. The van der Waals surface area contributed by atoms with Crippen LogP contribution in [0.1, 0.15) is 12.8 Å². The van der Waals surface area contributed by atoms with Crippen molar-refractivity contribution < 1.29 is 9.90 Å². The maximum Gasteiger partial charge on any atom is 0.236 e. The Morgan fingerprint density at radius 2 is 2.29 bits per heavy atom. The molecular weight excluding hydrogens is 180 g/mol. The van der Waals surface area contributed by atoms with Crippen molar-refractivity contribution in [1.29, 1.82) is 0 Å². The highest BCUT2D eigenvalue weighted by atomic mass is 16.3. The molecule has 1 saturated heterocycles. The van der Waals surface area contributed by atoms with Crippen molar-refractivity contribution >= 4 is 5.91 Å². The molecule has 1 heterocycles. The van der Waals surface area contributed by atoms with Crippen molar-refractivity contribution in [3.8, 4) is 0 Å². The highest BCUT2D eigenvalue weighted by molar-refractivity contribution is 5.77. The molecule has 0 spiro atoms. The summed E-state index contributed by atoms with van der Waals surface area (Å²) < 4.78 is 0. The van der Waals surface area contributed by atoms with E-state index in [4.69, 9.17) is 5.11 Å². The first kappa shape index (κ1) is 11.5. The SMILES string of the molecule is CN(C)C(=O)CN1CCCC(CO)C1. The highest BCUT2D eigenvalue weighted by Gasteiger charge is 2.21. The first-order valence-electron chi connectivity index (χ1n) is 5.17. The molecule has 4 heteroatoms. The third kappa shape index (κ3) is 3.27. The summed E-state index contributed by atoms with van der Waals surface area (Å²) in [5, 5.41) is 9.03. The average Bonchev–Trinajstić information content (AvgIpc) is 2.18. The summed E-state index contributed by atoms with van der Waals surface area (Å²) in [6.07, 6.45) is 2.18. The molecular formula is C10H20N2O2. The van der Waals surface area contributed by atoms with Gasteiger partial charge in [-0.2, -0.15) is 0 Å². The summed E-state index contributed by atoms with van der Waals surface area (Å²) in [7, 11) is 3.55. The van der Waals surface area contributed by atoms with Crippen LogP contribution < -0.4 is 0 Å². The van der Waals surface area contributed by atoms with Crippen molar-refractivity contribution in [1.82, 2.24) is 9.80 Å². The number of nitrogens with zero attached hydrogens (tertiary/aromatic N) is 2. The number of carbonyl (C=O) groups excluding carboxylic acids is 1. The van der Waals surface area contributed by atoms with E-state index in [0.717, 1.165) is 25.9 Å². The minimum atomic E-state index is 0.142. The molecule has 0 bridgehead atoms. The number of hydrogen-bond donors (Lipinski definition) is 1. The zero-order chi connectivity index (χ0) is 10.6. The van der Waals surface area contributed by atoms with Crippen LogP contribution in [-0.2, 0) is 4.79 Å². The summed E-state index contributed by atoms with van der Waals surface area (Å²) in [4.78, 5) is 15.2. The number of aliphatic hydroxyl groups excluding tert-OH is 1. The summed E-state index contributed by atoms with van der Waals surface area (Å²) in [5.41, 5.74) is 0. The Bertz CT molecular complexity index is 195. The van der Waals surface area contributed by atoms with E-state index in [1.807, 2.05) is 0 Å². The van der Waals surface area contributed by atoms with Gasteiger partial charge in [0, 0.05) is 27.2 Å². The van der Waals surface area contributed by atoms with Gasteiger partial charge >= 0.3 is 0 Å². The molecule has 1 rings (SSSR count). The van der Waals surface area contributed by atoms with Gasteiger partial charge in [0.2, 0.25) is 5.91 Å². The van der Waals surface area contributed by atoms with E-state index in [2.05, 4.69) is 4.90 Å². The van der Waals surface area contributed by atoms with Gasteiger partial charge in [-0.1, -0.05) is 0 Å². The lowest BCUT2D eigenvalue weighted by Crippen LogP contribution is -2.42. The van der Waals surface area contributed by atoms with Gasteiger partial charge in [0.05, 0.1) is 6.54 Å². The third-order valence-corrected chi connectivity index (χ3v) is 2.72. The molecule has 82 valence electrons. The number of amides is 1. The van der Waals surface area contributed by atoms with Gasteiger partial charge in [-0.3, -0.25) is 9.69 Å². The standard InChI is InChI=1S/C10H20N2O2/c1-11(2)10(14)7-12-5-3-4-9(6-12)8-13/h9,13H,3-8H2,1-2H3. The second-order valence-electron chi connectivity index (χ2n) is 4.21. The lowest BCUT2D eigenvalue weighted by Gasteiger charge is -2.31. The second-order valence-corrected chi connectivity index (χ2v) is 4.21. The zero-order valence-electron chi connectivity index (χ0n) is 9.07. The van der Waals surface area contributed by atoms with Gasteiger partial charge < -0.3 is 10.0 Å². The fraction of sp³-hybridized carbons (Fsp3) is 0.900. The van der Waals surface area contributed by atoms with Crippen LogP contribution in [0.15, 0.2) is 0 Å². The fourth-order valence-electron chi connectivity index (χ4n) is 1.78. The second kappa shape index (κ2) is 5.32. The van der Waals surface area contributed by atoms with Crippen LogP contribution in [0.3, 0.4) is 0 Å². The molecule has 1 unspecified atom stereocenters.